The number of hydrogen-bond donors (Lipinski definition) is 0. The summed E-state index contributed by atoms with van der Waals surface area (Å²) >= 11 is 0. The van der Waals surface area contributed by atoms with Crippen LogP contribution in [0.4, 0.5) is 0 Å². The average molecular weight is 346 g/mol. The zero-order chi connectivity index (χ0) is 19.2. The average Bonchev–Trinajstić information content (AvgIpc) is 2.60. The number of hydrogen-bond acceptors (Lipinski definition) is 3. The standard InChI is InChI=1S/C8H19N.C7H17N.C6H15N/c1-4-6-7-8-9(3)5-2;1-4-6-7-8(3)5-2;1-4-6-7(3)5-2/h4-8H2,1-3H3;4-7H2,1-3H3;4-6H2,1-3H3. The fourth-order valence-electron chi connectivity index (χ4n) is 1.92. The highest BCUT2D eigenvalue weighted by atomic mass is 15.1. The van der Waals surface area contributed by atoms with Gasteiger partial charge in [0.05, 0.1) is 0 Å². The van der Waals surface area contributed by atoms with Crippen molar-refractivity contribution in [2.75, 3.05) is 60.4 Å². The fourth-order valence-corrected chi connectivity index (χ4v) is 1.92. The summed E-state index contributed by atoms with van der Waals surface area (Å²) in [6.07, 6.45) is 7.99. The van der Waals surface area contributed by atoms with E-state index < -0.39 is 0 Å². The molecule has 0 heterocycles. The second kappa shape index (κ2) is 25.1. The molecule has 0 bridgehead atoms. The molecule has 0 aromatic rings. The van der Waals surface area contributed by atoms with Gasteiger partial charge in [-0.1, -0.05) is 60.8 Å². The molecule has 3 nitrogen and oxygen atoms in total. The number of nitrogens with zero attached hydrogens (tertiary/aromatic N) is 3. The summed E-state index contributed by atoms with van der Waals surface area (Å²) in [5, 5.41) is 0. The van der Waals surface area contributed by atoms with Gasteiger partial charge in [-0.2, -0.15) is 0 Å². The van der Waals surface area contributed by atoms with Gasteiger partial charge in [-0.15, -0.1) is 0 Å². The Hall–Kier alpha value is -0.120. The summed E-state index contributed by atoms with van der Waals surface area (Å²) < 4.78 is 0. The minimum atomic E-state index is 1.17. The van der Waals surface area contributed by atoms with Crippen LogP contribution in [0.2, 0.25) is 0 Å². The smallest absolute Gasteiger partial charge is 0.00219 e. The largest absolute Gasteiger partial charge is 0.307 e. The van der Waals surface area contributed by atoms with Gasteiger partial charge < -0.3 is 14.7 Å². The third kappa shape index (κ3) is 29.8. The Morgan fingerprint density at radius 2 is 0.792 bits per heavy atom. The lowest BCUT2D eigenvalue weighted by Crippen LogP contribution is -2.18. The quantitative estimate of drug-likeness (QED) is 0.449. The number of unbranched alkanes of at least 4 members (excludes halogenated alkanes) is 3. The zero-order valence-corrected chi connectivity index (χ0v) is 18.8. The molecule has 0 fully saturated rings. The van der Waals surface area contributed by atoms with Crippen LogP contribution in [0.1, 0.15) is 80.1 Å². The third-order valence-electron chi connectivity index (χ3n) is 4.26. The fraction of sp³-hybridized carbons (Fsp3) is 1.00. The zero-order valence-electron chi connectivity index (χ0n) is 18.8. The van der Waals surface area contributed by atoms with E-state index in [1.807, 2.05) is 0 Å². The number of rotatable bonds is 12. The molecular weight excluding hydrogens is 294 g/mol. The van der Waals surface area contributed by atoms with E-state index in [-0.39, 0.29) is 0 Å². The summed E-state index contributed by atoms with van der Waals surface area (Å²) in [4.78, 5) is 7.00. The molecule has 0 amide bonds. The van der Waals surface area contributed by atoms with Crippen LogP contribution in [0.3, 0.4) is 0 Å². The van der Waals surface area contributed by atoms with E-state index >= 15 is 0 Å². The molecule has 0 aliphatic carbocycles. The maximum Gasteiger partial charge on any atom is -0.00219 e. The first kappa shape index (κ1) is 28.7. The van der Waals surface area contributed by atoms with Gasteiger partial charge in [0, 0.05) is 0 Å². The van der Waals surface area contributed by atoms with Crippen molar-refractivity contribution in [1.82, 2.24) is 14.7 Å². The van der Waals surface area contributed by atoms with Crippen LogP contribution >= 0.6 is 0 Å². The SMILES string of the molecule is CCCCCN(C)CC.CCCCN(C)CC.CCCN(C)CC. The molecule has 0 unspecified atom stereocenters. The first-order valence-electron chi connectivity index (χ1n) is 10.5. The van der Waals surface area contributed by atoms with E-state index in [1.54, 1.807) is 0 Å². The Morgan fingerprint density at radius 3 is 1.08 bits per heavy atom. The lowest BCUT2D eigenvalue weighted by atomic mass is 10.2. The van der Waals surface area contributed by atoms with Crippen molar-refractivity contribution in [3.05, 3.63) is 0 Å². The van der Waals surface area contributed by atoms with Crippen LogP contribution < -0.4 is 0 Å². The van der Waals surface area contributed by atoms with Crippen molar-refractivity contribution in [2.45, 2.75) is 80.1 Å². The maximum absolute atomic E-state index is 2.36. The molecule has 0 aromatic heterocycles. The van der Waals surface area contributed by atoms with E-state index in [0.29, 0.717) is 0 Å². The van der Waals surface area contributed by atoms with Gasteiger partial charge in [-0.05, 0) is 79.7 Å². The molecule has 0 aliphatic rings. The van der Waals surface area contributed by atoms with Gasteiger partial charge in [0.1, 0.15) is 0 Å². The monoisotopic (exact) mass is 345 g/mol. The Bertz CT molecular complexity index is 198. The van der Waals surface area contributed by atoms with E-state index in [4.69, 9.17) is 0 Å². The molecule has 0 saturated carbocycles. The Morgan fingerprint density at radius 1 is 0.417 bits per heavy atom. The molecule has 0 saturated heterocycles. The lowest BCUT2D eigenvalue weighted by Gasteiger charge is -2.12. The van der Waals surface area contributed by atoms with Crippen LogP contribution in [0.5, 0.6) is 0 Å². The van der Waals surface area contributed by atoms with Crippen molar-refractivity contribution >= 4 is 0 Å². The van der Waals surface area contributed by atoms with Crippen molar-refractivity contribution < 1.29 is 0 Å². The van der Waals surface area contributed by atoms with Crippen LogP contribution in [-0.2, 0) is 0 Å². The molecule has 0 atom stereocenters. The molecule has 0 radical (unpaired) electrons. The summed E-state index contributed by atoms with van der Waals surface area (Å²) in [5.74, 6) is 0. The topological polar surface area (TPSA) is 9.72 Å². The van der Waals surface area contributed by atoms with Crippen LogP contribution in [0, 0.1) is 0 Å². The summed E-state index contributed by atoms with van der Waals surface area (Å²) in [5.41, 5.74) is 0. The molecule has 3 heteroatoms. The summed E-state index contributed by atoms with van der Waals surface area (Å²) in [6, 6.07) is 0. The minimum Gasteiger partial charge on any atom is -0.307 e. The summed E-state index contributed by atoms with van der Waals surface area (Å²) in [7, 11) is 6.48. The highest BCUT2D eigenvalue weighted by molar-refractivity contribution is 4.47. The Kier molecular flexibility index (Phi) is 30.0. The highest BCUT2D eigenvalue weighted by Crippen LogP contribution is 1.94. The van der Waals surface area contributed by atoms with Crippen LogP contribution in [-0.4, -0.2) is 75.1 Å². The molecule has 0 aliphatic heterocycles. The lowest BCUT2D eigenvalue weighted by molar-refractivity contribution is 0.343. The van der Waals surface area contributed by atoms with Gasteiger partial charge in [-0.25, -0.2) is 0 Å². The molecule has 0 rings (SSSR count). The minimum absolute atomic E-state index is 1.17. The predicted molar refractivity (Wildman–Crippen MR) is 114 cm³/mol. The maximum atomic E-state index is 2.36. The molecule has 0 spiro atoms. The van der Waals surface area contributed by atoms with Crippen molar-refractivity contribution in [3.8, 4) is 0 Å². The van der Waals surface area contributed by atoms with E-state index in [2.05, 4.69) is 77.4 Å². The highest BCUT2D eigenvalue weighted by Gasteiger charge is 1.91. The van der Waals surface area contributed by atoms with E-state index in [1.165, 1.54) is 77.8 Å². The van der Waals surface area contributed by atoms with Crippen molar-refractivity contribution in [2.24, 2.45) is 0 Å². The Labute approximate surface area is 155 Å². The molecule has 150 valence electrons. The van der Waals surface area contributed by atoms with Crippen molar-refractivity contribution in [1.29, 1.82) is 0 Å². The Balaban J connectivity index is -0.000000278. The van der Waals surface area contributed by atoms with Gasteiger partial charge in [0.2, 0.25) is 0 Å². The first-order chi connectivity index (χ1) is 11.4. The molecular formula is C21H51N3. The van der Waals surface area contributed by atoms with Crippen molar-refractivity contribution in [3.63, 3.8) is 0 Å². The second-order valence-electron chi connectivity index (χ2n) is 6.75. The third-order valence-corrected chi connectivity index (χ3v) is 4.26. The molecule has 24 heavy (non-hydrogen) atoms. The van der Waals surface area contributed by atoms with E-state index in [9.17, 15) is 0 Å². The molecule has 0 N–H and O–H groups in total. The van der Waals surface area contributed by atoms with Gasteiger partial charge >= 0.3 is 0 Å². The van der Waals surface area contributed by atoms with E-state index in [0.717, 1.165) is 0 Å². The van der Waals surface area contributed by atoms with Crippen LogP contribution in [0.25, 0.3) is 0 Å². The van der Waals surface area contributed by atoms with Gasteiger partial charge in [0.25, 0.3) is 0 Å². The van der Waals surface area contributed by atoms with Gasteiger partial charge in [-0.3, -0.25) is 0 Å². The predicted octanol–water partition coefficient (Wildman–Crippen LogP) is 5.21. The normalized spacial score (nSPS) is 10.5. The van der Waals surface area contributed by atoms with Crippen LogP contribution in [0.15, 0.2) is 0 Å². The summed E-state index contributed by atoms with van der Waals surface area (Å²) in [6.45, 7) is 20.5. The molecule has 0 aromatic carbocycles. The second-order valence-corrected chi connectivity index (χ2v) is 6.75. The first-order valence-corrected chi connectivity index (χ1v) is 10.5. The van der Waals surface area contributed by atoms with Gasteiger partial charge in [0.15, 0.2) is 0 Å².